The summed E-state index contributed by atoms with van der Waals surface area (Å²) in [5.74, 6) is 1.92. The number of hydrogen-bond acceptors (Lipinski definition) is 5. The highest BCUT2D eigenvalue weighted by Crippen LogP contribution is 2.23. The van der Waals surface area contributed by atoms with E-state index in [0.29, 0.717) is 0 Å². The van der Waals surface area contributed by atoms with Gasteiger partial charge in [0.1, 0.15) is 18.2 Å². The van der Waals surface area contributed by atoms with Crippen LogP contribution in [0.1, 0.15) is 29.5 Å². The molecule has 1 aliphatic heterocycles. The lowest BCUT2D eigenvalue weighted by molar-refractivity contribution is -0.0366. The van der Waals surface area contributed by atoms with Crippen LogP contribution in [0, 0.1) is 13.8 Å². The summed E-state index contributed by atoms with van der Waals surface area (Å²) < 4.78 is 13.8. The molecule has 6 nitrogen and oxygen atoms in total. The van der Waals surface area contributed by atoms with Crippen LogP contribution in [0.5, 0.6) is 5.75 Å². The van der Waals surface area contributed by atoms with Crippen molar-refractivity contribution in [3.05, 3.63) is 41.5 Å². The largest absolute Gasteiger partial charge is 0.493 e. The summed E-state index contributed by atoms with van der Waals surface area (Å²) in [7, 11) is 1.95. The minimum atomic E-state index is 0.00535. The molecule has 0 N–H and O–H groups in total. The number of nitrogens with zero attached hydrogens (tertiary/aromatic N) is 4. The molecule has 0 bridgehead atoms. The molecule has 0 amide bonds. The zero-order valence-corrected chi connectivity index (χ0v) is 14.7. The molecule has 0 radical (unpaired) electrons. The fourth-order valence-electron chi connectivity index (χ4n) is 3.13. The third kappa shape index (κ3) is 3.94. The lowest BCUT2D eigenvalue weighted by atomic mass is 10.1. The van der Waals surface area contributed by atoms with E-state index in [-0.39, 0.29) is 6.10 Å². The highest BCUT2D eigenvalue weighted by atomic mass is 16.5. The van der Waals surface area contributed by atoms with Gasteiger partial charge < -0.3 is 14.0 Å². The molecule has 1 aromatic carbocycles. The third-order valence-corrected chi connectivity index (χ3v) is 4.46. The van der Waals surface area contributed by atoms with Gasteiger partial charge in [-0.3, -0.25) is 4.90 Å². The monoisotopic (exact) mass is 330 g/mol. The van der Waals surface area contributed by atoms with Gasteiger partial charge in [-0.2, -0.15) is 0 Å². The van der Waals surface area contributed by atoms with Crippen molar-refractivity contribution < 1.29 is 9.47 Å². The van der Waals surface area contributed by atoms with Gasteiger partial charge in [0.15, 0.2) is 5.82 Å². The Balaban J connectivity index is 1.46. The first-order valence-corrected chi connectivity index (χ1v) is 8.52. The van der Waals surface area contributed by atoms with Crippen molar-refractivity contribution in [1.82, 2.24) is 19.7 Å². The normalized spacial score (nSPS) is 18.7. The van der Waals surface area contributed by atoms with Crippen LogP contribution in [-0.4, -0.2) is 52.5 Å². The van der Waals surface area contributed by atoms with Gasteiger partial charge in [-0.05, 0) is 31.4 Å². The Bertz CT molecular complexity index is 651. The van der Waals surface area contributed by atoms with E-state index in [0.717, 1.165) is 50.8 Å². The Hall–Kier alpha value is -1.92. The molecule has 1 saturated heterocycles. The molecular formula is C18H26N4O2. The minimum Gasteiger partial charge on any atom is -0.493 e. The predicted molar refractivity (Wildman–Crippen MR) is 92.2 cm³/mol. The summed E-state index contributed by atoms with van der Waals surface area (Å²) in [4.78, 5) is 2.41. The molecule has 1 fully saturated rings. The summed E-state index contributed by atoms with van der Waals surface area (Å²) in [6, 6.07) is 6.25. The molecule has 0 saturated carbocycles. The van der Waals surface area contributed by atoms with Crippen molar-refractivity contribution >= 4 is 0 Å². The first-order chi connectivity index (χ1) is 11.6. The van der Waals surface area contributed by atoms with Gasteiger partial charge in [-0.1, -0.05) is 18.2 Å². The second-order valence-electron chi connectivity index (χ2n) is 6.38. The van der Waals surface area contributed by atoms with E-state index in [4.69, 9.17) is 9.47 Å². The lowest BCUT2D eigenvalue weighted by Crippen LogP contribution is -2.40. The van der Waals surface area contributed by atoms with Crippen molar-refractivity contribution in [3.63, 3.8) is 0 Å². The maximum Gasteiger partial charge on any atom is 0.163 e. The van der Waals surface area contributed by atoms with Gasteiger partial charge in [0.05, 0.1) is 13.2 Å². The Morgan fingerprint density at radius 1 is 1.29 bits per heavy atom. The summed E-state index contributed by atoms with van der Waals surface area (Å²) in [6.07, 6.45) is 2.72. The van der Waals surface area contributed by atoms with Gasteiger partial charge in [-0.25, -0.2) is 0 Å². The Morgan fingerprint density at radius 2 is 2.08 bits per heavy atom. The van der Waals surface area contributed by atoms with E-state index in [9.17, 15) is 0 Å². The summed E-state index contributed by atoms with van der Waals surface area (Å²) in [5.41, 5.74) is 2.40. The molecule has 130 valence electrons. The first-order valence-electron chi connectivity index (χ1n) is 8.52. The van der Waals surface area contributed by atoms with E-state index in [1.165, 1.54) is 11.1 Å². The van der Waals surface area contributed by atoms with Gasteiger partial charge in [0, 0.05) is 26.7 Å². The fourth-order valence-corrected chi connectivity index (χ4v) is 3.13. The smallest absolute Gasteiger partial charge is 0.163 e. The van der Waals surface area contributed by atoms with Crippen LogP contribution in [0.3, 0.4) is 0 Å². The van der Waals surface area contributed by atoms with Crippen molar-refractivity contribution in [2.24, 2.45) is 7.05 Å². The van der Waals surface area contributed by atoms with Crippen LogP contribution in [0.15, 0.2) is 24.5 Å². The maximum absolute atomic E-state index is 5.99. The molecule has 1 aromatic heterocycles. The second-order valence-corrected chi connectivity index (χ2v) is 6.38. The molecule has 2 aromatic rings. The predicted octanol–water partition coefficient (Wildman–Crippen LogP) is 2.27. The average Bonchev–Trinajstić information content (AvgIpc) is 3.00. The van der Waals surface area contributed by atoms with Crippen LogP contribution in [-0.2, 0) is 11.8 Å². The van der Waals surface area contributed by atoms with E-state index >= 15 is 0 Å². The average molecular weight is 330 g/mol. The number of hydrogen-bond donors (Lipinski definition) is 0. The van der Waals surface area contributed by atoms with Gasteiger partial charge >= 0.3 is 0 Å². The number of rotatable bonds is 6. The maximum atomic E-state index is 5.99. The van der Waals surface area contributed by atoms with Crippen LogP contribution < -0.4 is 4.74 Å². The summed E-state index contributed by atoms with van der Waals surface area (Å²) >= 11 is 0. The number of aryl methyl sites for hydroxylation is 3. The molecule has 3 rings (SSSR count). The van der Waals surface area contributed by atoms with Crippen LogP contribution in [0.4, 0.5) is 0 Å². The number of para-hydroxylation sites is 1. The number of benzene rings is 1. The van der Waals surface area contributed by atoms with Crippen LogP contribution in [0.2, 0.25) is 0 Å². The molecule has 0 aliphatic carbocycles. The van der Waals surface area contributed by atoms with E-state index in [2.05, 4.69) is 47.1 Å². The molecule has 24 heavy (non-hydrogen) atoms. The van der Waals surface area contributed by atoms with Crippen LogP contribution >= 0.6 is 0 Å². The molecular weight excluding hydrogens is 304 g/mol. The van der Waals surface area contributed by atoms with E-state index in [1.54, 1.807) is 6.33 Å². The number of ether oxygens (including phenoxy) is 2. The van der Waals surface area contributed by atoms with Crippen molar-refractivity contribution in [2.45, 2.75) is 26.4 Å². The Labute approximate surface area is 143 Å². The Kier molecular flexibility index (Phi) is 5.48. The summed E-state index contributed by atoms with van der Waals surface area (Å²) in [5, 5.41) is 8.11. The zero-order valence-electron chi connectivity index (χ0n) is 14.7. The van der Waals surface area contributed by atoms with Gasteiger partial charge in [0.25, 0.3) is 0 Å². The SMILES string of the molecule is Cc1cccc(C)c1OCCCN1CCOC(c2nncn2C)C1. The second kappa shape index (κ2) is 7.77. The molecule has 0 spiro atoms. The van der Waals surface area contributed by atoms with E-state index < -0.39 is 0 Å². The van der Waals surface area contributed by atoms with Crippen molar-refractivity contribution in [3.8, 4) is 5.75 Å². The Morgan fingerprint density at radius 3 is 2.79 bits per heavy atom. The molecule has 1 atom stereocenters. The van der Waals surface area contributed by atoms with Crippen LogP contribution in [0.25, 0.3) is 0 Å². The van der Waals surface area contributed by atoms with Crippen molar-refractivity contribution in [2.75, 3.05) is 32.8 Å². The zero-order chi connectivity index (χ0) is 16.9. The van der Waals surface area contributed by atoms with E-state index in [1.807, 2.05) is 11.6 Å². The topological polar surface area (TPSA) is 52.4 Å². The molecule has 2 heterocycles. The highest BCUT2D eigenvalue weighted by Gasteiger charge is 2.25. The fraction of sp³-hybridized carbons (Fsp3) is 0.556. The number of morpholine rings is 1. The highest BCUT2D eigenvalue weighted by molar-refractivity contribution is 5.39. The standard InChI is InChI=1S/C18H26N4O2/c1-14-6-4-7-15(2)17(14)24-10-5-8-22-9-11-23-16(12-22)18-20-19-13-21(18)3/h4,6-7,13,16H,5,8-12H2,1-3H3. The molecule has 1 aliphatic rings. The minimum absolute atomic E-state index is 0.00535. The molecule has 1 unspecified atom stereocenters. The quantitative estimate of drug-likeness (QED) is 0.761. The molecule has 6 heteroatoms. The number of aromatic nitrogens is 3. The van der Waals surface area contributed by atoms with Crippen molar-refractivity contribution in [1.29, 1.82) is 0 Å². The lowest BCUT2D eigenvalue weighted by Gasteiger charge is -2.32. The third-order valence-electron chi connectivity index (χ3n) is 4.46. The van der Waals surface area contributed by atoms with Gasteiger partial charge in [-0.15, -0.1) is 10.2 Å². The van der Waals surface area contributed by atoms with Gasteiger partial charge in [0.2, 0.25) is 0 Å². The summed E-state index contributed by atoms with van der Waals surface area (Å²) in [6.45, 7) is 8.47. The first kappa shape index (κ1) is 16.9.